The molecule has 3 atom stereocenters. The highest BCUT2D eigenvalue weighted by Crippen LogP contribution is 2.43. The standard InChI is InChI=1S/C42H42F2N8O3/c1-22-14-27(15-23(2)37(22)43)47-39(51-12-11-50(41(51)54)34-9-8-33-29(38(34)44)21-46-49(33)5)36-30(45)18-28-19-35(36)52(28)40(53)32-17-26-16-24(6-7-31(26)48-32)25-10-13-55-42(3,4)20-25/h6-9,11-12,14-17,21,25,28,35,48H,10,13,18-20,45H2,1-5H3. The van der Waals surface area contributed by atoms with E-state index in [0.717, 1.165) is 23.7 Å². The van der Waals surface area contributed by atoms with Crippen LogP contribution in [0.15, 0.2) is 88.2 Å². The summed E-state index contributed by atoms with van der Waals surface area (Å²) in [5.74, 6) is -0.558. The Morgan fingerprint density at radius 1 is 1.05 bits per heavy atom. The molecule has 3 N–H and O–H groups in total. The topological polar surface area (TPSA) is 128 Å². The van der Waals surface area contributed by atoms with E-state index in [0.29, 0.717) is 64.7 Å². The zero-order valence-corrected chi connectivity index (χ0v) is 31.4. The smallest absolute Gasteiger partial charge is 0.338 e. The number of nitrogens with zero attached hydrogens (tertiary/aromatic N) is 6. The zero-order chi connectivity index (χ0) is 38.5. The number of carbonyl (C=O) groups excluding carboxylic acids is 1. The molecule has 10 rings (SSSR count). The number of imidazole rings is 1. The first kappa shape index (κ1) is 34.9. The van der Waals surface area contributed by atoms with Gasteiger partial charge in [0.25, 0.3) is 5.91 Å². The second kappa shape index (κ2) is 12.6. The average molecular weight is 745 g/mol. The summed E-state index contributed by atoms with van der Waals surface area (Å²) >= 11 is 0. The summed E-state index contributed by atoms with van der Waals surface area (Å²) in [4.78, 5) is 38.8. The molecule has 1 aliphatic carbocycles. The van der Waals surface area contributed by atoms with Gasteiger partial charge in [0.1, 0.15) is 17.3 Å². The maximum Gasteiger partial charge on any atom is 0.338 e. The number of halogens is 2. The van der Waals surface area contributed by atoms with E-state index in [-0.39, 0.29) is 40.3 Å². The largest absolute Gasteiger partial charge is 0.402 e. The van der Waals surface area contributed by atoms with Gasteiger partial charge in [-0.05, 0) is 112 Å². The number of nitrogens with one attached hydrogen (secondary N) is 1. The molecule has 2 fully saturated rings. The Morgan fingerprint density at radius 2 is 1.84 bits per heavy atom. The number of aryl methyl sites for hydroxylation is 3. The molecule has 4 aliphatic rings. The first-order chi connectivity index (χ1) is 26.3. The van der Waals surface area contributed by atoms with Gasteiger partial charge < -0.3 is 20.4 Å². The van der Waals surface area contributed by atoms with Gasteiger partial charge in [-0.25, -0.2) is 18.6 Å². The van der Waals surface area contributed by atoms with E-state index >= 15 is 4.39 Å². The van der Waals surface area contributed by atoms with Crippen molar-refractivity contribution in [1.82, 2.24) is 28.8 Å². The maximum atomic E-state index is 15.9. The van der Waals surface area contributed by atoms with E-state index in [1.165, 1.54) is 39.4 Å². The van der Waals surface area contributed by atoms with Gasteiger partial charge in [-0.2, -0.15) is 5.10 Å². The van der Waals surface area contributed by atoms with Crippen LogP contribution in [0.1, 0.15) is 72.6 Å². The molecular weight excluding hydrogens is 703 g/mol. The zero-order valence-electron chi connectivity index (χ0n) is 31.4. The monoisotopic (exact) mass is 744 g/mol. The fraction of sp³-hybridized carbons (Fsp3) is 0.333. The Kier molecular flexibility index (Phi) is 8.01. The van der Waals surface area contributed by atoms with Crippen molar-refractivity contribution < 1.29 is 18.3 Å². The number of rotatable bonds is 5. The molecule has 6 aromatic rings. The van der Waals surface area contributed by atoms with Crippen LogP contribution >= 0.6 is 0 Å². The lowest BCUT2D eigenvalue weighted by Gasteiger charge is -2.53. The van der Waals surface area contributed by atoms with Crippen molar-refractivity contribution in [1.29, 1.82) is 0 Å². The van der Waals surface area contributed by atoms with Gasteiger partial charge in [-0.3, -0.25) is 18.6 Å². The number of carbonyl (C=O) groups is 1. The molecule has 3 aromatic heterocycles. The lowest BCUT2D eigenvalue weighted by atomic mass is 9.76. The second-order valence-corrected chi connectivity index (χ2v) is 15.8. The predicted octanol–water partition coefficient (Wildman–Crippen LogP) is 7.05. The lowest BCUT2D eigenvalue weighted by Crippen LogP contribution is -2.64. The molecule has 1 amide bonds. The summed E-state index contributed by atoms with van der Waals surface area (Å²) in [6.07, 6.45) is 7.28. The average Bonchev–Trinajstić information content (AvgIpc) is 3.85. The van der Waals surface area contributed by atoms with E-state index in [1.54, 1.807) is 43.8 Å². The van der Waals surface area contributed by atoms with E-state index in [4.69, 9.17) is 15.5 Å². The van der Waals surface area contributed by atoms with Gasteiger partial charge in [-0.15, -0.1) is 0 Å². The first-order valence-corrected chi connectivity index (χ1v) is 18.6. The Balaban J connectivity index is 1.10. The van der Waals surface area contributed by atoms with E-state index < -0.39 is 17.5 Å². The van der Waals surface area contributed by atoms with Crippen molar-refractivity contribution in [3.05, 3.63) is 123 Å². The quantitative estimate of drug-likeness (QED) is 0.145. The molecule has 3 aliphatic heterocycles. The number of aromatic amines is 1. The van der Waals surface area contributed by atoms with E-state index in [1.807, 2.05) is 17.0 Å². The van der Waals surface area contributed by atoms with Gasteiger partial charge in [-0.1, -0.05) is 6.07 Å². The Bertz CT molecular complexity index is 2670. The lowest BCUT2D eigenvalue weighted by molar-refractivity contribution is -0.0592. The molecule has 0 radical (unpaired) electrons. The normalized spacial score (nSPS) is 21.1. The molecule has 0 spiro atoms. The molecule has 2 saturated heterocycles. The Labute approximate surface area is 315 Å². The van der Waals surface area contributed by atoms with Gasteiger partial charge in [0.2, 0.25) is 0 Å². The number of benzene rings is 3. The van der Waals surface area contributed by atoms with Crippen LogP contribution < -0.4 is 11.4 Å². The number of fused-ring (bicyclic) bond motifs is 3. The molecule has 13 heteroatoms. The number of aromatic nitrogens is 5. The number of nitrogens with two attached hydrogens (primary N) is 1. The third kappa shape index (κ3) is 5.71. The summed E-state index contributed by atoms with van der Waals surface area (Å²) in [7, 11) is 1.72. The van der Waals surface area contributed by atoms with Crippen LogP contribution in [-0.2, 0) is 11.8 Å². The van der Waals surface area contributed by atoms with Gasteiger partial charge >= 0.3 is 5.69 Å². The van der Waals surface area contributed by atoms with E-state index in [9.17, 15) is 14.0 Å². The summed E-state index contributed by atoms with van der Waals surface area (Å²) in [6, 6.07) is 14.1. The highest BCUT2D eigenvalue weighted by Gasteiger charge is 2.50. The van der Waals surface area contributed by atoms with Crippen molar-refractivity contribution in [2.75, 3.05) is 6.61 Å². The predicted molar refractivity (Wildman–Crippen MR) is 207 cm³/mol. The van der Waals surface area contributed by atoms with Gasteiger partial charge in [0, 0.05) is 60.7 Å². The summed E-state index contributed by atoms with van der Waals surface area (Å²) in [6.45, 7) is 8.26. The summed E-state index contributed by atoms with van der Waals surface area (Å²) in [5.41, 5.74) is 11.4. The van der Waals surface area contributed by atoms with Crippen molar-refractivity contribution in [3.8, 4) is 5.69 Å². The minimum atomic E-state index is -0.592. The van der Waals surface area contributed by atoms with Crippen molar-refractivity contribution >= 4 is 39.2 Å². The Morgan fingerprint density at radius 3 is 2.60 bits per heavy atom. The molecule has 282 valence electrons. The van der Waals surface area contributed by atoms with Crippen LogP contribution in [0, 0.1) is 25.5 Å². The molecule has 11 nitrogen and oxygen atoms in total. The van der Waals surface area contributed by atoms with Crippen molar-refractivity contribution in [3.63, 3.8) is 0 Å². The minimum absolute atomic E-state index is 0.0469. The molecule has 2 bridgehead atoms. The van der Waals surface area contributed by atoms with Crippen LogP contribution in [0.25, 0.3) is 27.5 Å². The highest BCUT2D eigenvalue weighted by atomic mass is 19.1. The number of aliphatic imine (C=N–C) groups is 1. The third-order valence-corrected chi connectivity index (χ3v) is 11.6. The minimum Gasteiger partial charge on any atom is -0.402 e. The molecule has 3 aromatic carbocycles. The molecule has 55 heavy (non-hydrogen) atoms. The van der Waals surface area contributed by atoms with Crippen LogP contribution in [0.3, 0.4) is 0 Å². The van der Waals surface area contributed by atoms with Crippen molar-refractivity contribution in [2.45, 2.75) is 77.0 Å². The van der Waals surface area contributed by atoms with Gasteiger partial charge in [0.05, 0.1) is 40.1 Å². The highest BCUT2D eigenvalue weighted by molar-refractivity contribution is 6.06. The summed E-state index contributed by atoms with van der Waals surface area (Å²) < 4.78 is 40.7. The fourth-order valence-corrected chi connectivity index (χ4v) is 8.84. The van der Waals surface area contributed by atoms with E-state index in [2.05, 4.69) is 36.1 Å². The fourth-order valence-electron chi connectivity index (χ4n) is 8.84. The number of H-pyrrole nitrogens is 1. The van der Waals surface area contributed by atoms with Crippen LogP contribution in [0.4, 0.5) is 14.5 Å². The molecular formula is C42H42F2N8O3. The van der Waals surface area contributed by atoms with Crippen LogP contribution in [0.5, 0.6) is 0 Å². The van der Waals surface area contributed by atoms with Crippen molar-refractivity contribution in [2.24, 2.45) is 17.8 Å². The van der Waals surface area contributed by atoms with Crippen LogP contribution in [0.2, 0.25) is 0 Å². The molecule has 6 heterocycles. The van der Waals surface area contributed by atoms with Crippen LogP contribution in [-0.4, -0.2) is 64.8 Å². The molecule has 3 unspecified atom stereocenters. The first-order valence-electron chi connectivity index (χ1n) is 18.6. The third-order valence-electron chi connectivity index (χ3n) is 11.6. The number of hydrogen-bond acceptors (Lipinski definition) is 6. The maximum absolute atomic E-state index is 15.9. The number of ether oxygens (including phenoxy) is 1. The number of amides is 1. The molecule has 0 saturated carbocycles. The Hall–Kier alpha value is -5.82. The SMILES string of the molecule is Cc1cc(N=C(C2=C(N)CC3CC2N3C(=O)c2cc3cc(C4CCOC(C)(C)C4)ccc3[nH]2)n2ccn(-c3ccc4c(cnn4C)c3F)c2=O)cc(C)c1F. The summed E-state index contributed by atoms with van der Waals surface area (Å²) in [5, 5.41) is 5.40. The second-order valence-electron chi connectivity index (χ2n) is 15.8. The number of hydrogen-bond donors (Lipinski definition) is 2. The van der Waals surface area contributed by atoms with Gasteiger partial charge in [0.15, 0.2) is 5.82 Å².